The molecule has 3 aromatic rings. The number of hydrogen-bond acceptors (Lipinski definition) is 4. The van der Waals surface area contributed by atoms with Gasteiger partial charge in [-0.15, -0.1) is 0 Å². The highest BCUT2D eigenvalue weighted by Gasteiger charge is 2.25. The third kappa shape index (κ3) is 2.42. The van der Waals surface area contributed by atoms with Gasteiger partial charge in [0.2, 0.25) is 5.95 Å². The quantitative estimate of drug-likeness (QED) is 0.802. The molecular weight excluding hydrogens is 307 g/mol. The van der Waals surface area contributed by atoms with E-state index in [1.807, 2.05) is 36.4 Å². The maximum absolute atomic E-state index is 14.3. The Bertz CT molecular complexity index is 901. The molecule has 0 aliphatic carbocycles. The van der Waals surface area contributed by atoms with E-state index >= 15 is 0 Å². The maximum Gasteiger partial charge on any atom is 0.226 e. The number of hydrogen-bond donors (Lipinski definition) is 1. The lowest BCUT2D eigenvalue weighted by atomic mass is 10.0. The van der Waals surface area contributed by atoms with E-state index < -0.39 is 0 Å². The van der Waals surface area contributed by atoms with Gasteiger partial charge < -0.3 is 10.1 Å². The monoisotopic (exact) mass is 322 g/mol. The lowest BCUT2D eigenvalue weighted by Gasteiger charge is -2.24. The highest BCUT2D eigenvalue weighted by Crippen LogP contribution is 2.33. The summed E-state index contributed by atoms with van der Waals surface area (Å²) in [4.78, 5) is 4.22. The first-order valence-corrected chi connectivity index (χ1v) is 7.53. The lowest BCUT2D eigenvalue weighted by Crippen LogP contribution is -2.21. The first-order valence-electron chi connectivity index (χ1n) is 7.53. The third-order valence-corrected chi connectivity index (χ3v) is 4.03. The standard InChI is InChI=1S/C18H15FN4O/c1-24-13-8-6-12(7-9-13)16-10-17(14-4-2-3-5-15(14)19)23-18(22-16)20-11-21-23/h2-11,17H,1H3,(H,20,21,22). The van der Waals surface area contributed by atoms with E-state index in [0.29, 0.717) is 11.5 Å². The molecule has 1 atom stereocenters. The van der Waals surface area contributed by atoms with E-state index in [1.165, 1.54) is 12.4 Å². The molecule has 1 aromatic heterocycles. The molecule has 1 aliphatic heterocycles. The Hall–Kier alpha value is -3.15. The van der Waals surface area contributed by atoms with Crippen molar-refractivity contribution >= 4 is 11.6 Å². The van der Waals surface area contributed by atoms with Crippen LogP contribution in [0, 0.1) is 5.82 Å². The Kier molecular flexibility index (Phi) is 3.49. The van der Waals surface area contributed by atoms with Crippen molar-refractivity contribution in [2.24, 2.45) is 0 Å². The summed E-state index contributed by atoms with van der Waals surface area (Å²) in [5.41, 5.74) is 2.37. The number of methoxy groups -OCH3 is 1. The van der Waals surface area contributed by atoms with Gasteiger partial charge in [0.15, 0.2) is 0 Å². The van der Waals surface area contributed by atoms with Crippen molar-refractivity contribution in [3.8, 4) is 5.75 Å². The molecule has 0 amide bonds. The third-order valence-electron chi connectivity index (χ3n) is 4.03. The first-order chi connectivity index (χ1) is 11.8. The van der Waals surface area contributed by atoms with Gasteiger partial charge in [-0.05, 0) is 42.0 Å². The smallest absolute Gasteiger partial charge is 0.226 e. The second-order valence-corrected chi connectivity index (χ2v) is 5.43. The van der Waals surface area contributed by atoms with E-state index in [4.69, 9.17) is 4.74 Å². The van der Waals surface area contributed by atoms with Crippen LogP contribution in [-0.4, -0.2) is 21.9 Å². The van der Waals surface area contributed by atoms with Gasteiger partial charge in [-0.1, -0.05) is 18.2 Å². The summed E-state index contributed by atoms with van der Waals surface area (Å²) < 4.78 is 21.1. The zero-order chi connectivity index (χ0) is 16.5. The van der Waals surface area contributed by atoms with Gasteiger partial charge in [-0.25, -0.2) is 9.07 Å². The molecule has 0 radical (unpaired) electrons. The number of halogens is 1. The molecule has 2 aromatic carbocycles. The van der Waals surface area contributed by atoms with Gasteiger partial charge in [-0.3, -0.25) is 0 Å². The zero-order valence-corrected chi connectivity index (χ0v) is 13.0. The molecule has 0 saturated carbocycles. The van der Waals surface area contributed by atoms with Crippen LogP contribution in [0.2, 0.25) is 0 Å². The number of ether oxygens (including phenoxy) is 1. The van der Waals surface area contributed by atoms with Crippen LogP contribution in [0.25, 0.3) is 5.70 Å². The number of rotatable bonds is 3. The van der Waals surface area contributed by atoms with E-state index in [1.54, 1.807) is 23.9 Å². The van der Waals surface area contributed by atoms with E-state index in [0.717, 1.165) is 17.0 Å². The Morgan fingerprint density at radius 1 is 1.12 bits per heavy atom. The minimum Gasteiger partial charge on any atom is -0.497 e. The van der Waals surface area contributed by atoms with Crippen molar-refractivity contribution in [2.45, 2.75) is 6.04 Å². The molecule has 6 heteroatoms. The fourth-order valence-corrected chi connectivity index (χ4v) is 2.81. The Labute approximate surface area is 138 Å². The number of aromatic nitrogens is 3. The summed E-state index contributed by atoms with van der Waals surface area (Å²) in [6.07, 6.45) is 3.41. The largest absolute Gasteiger partial charge is 0.497 e. The second-order valence-electron chi connectivity index (χ2n) is 5.43. The summed E-state index contributed by atoms with van der Waals surface area (Å²) in [6, 6.07) is 14.0. The maximum atomic E-state index is 14.3. The number of nitrogens with zero attached hydrogens (tertiary/aromatic N) is 3. The van der Waals surface area contributed by atoms with Crippen molar-refractivity contribution in [1.82, 2.24) is 14.8 Å². The fourth-order valence-electron chi connectivity index (χ4n) is 2.81. The normalized spacial score (nSPS) is 16.1. The van der Waals surface area contributed by atoms with Gasteiger partial charge in [0.05, 0.1) is 7.11 Å². The molecule has 0 fully saturated rings. The number of allylic oxidation sites excluding steroid dienone is 1. The molecule has 4 rings (SSSR count). The van der Waals surface area contributed by atoms with Crippen LogP contribution in [-0.2, 0) is 0 Å². The molecule has 1 unspecified atom stereocenters. The topological polar surface area (TPSA) is 52.0 Å². The summed E-state index contributed by atoms with van der Waals surface area (Å²) in [7, 11) is 1.63. The molecule has 2 heterocycles. The van der Waals surface area contributed by atoms with Crippen molar-refractivity contribution in [2.75, 3.05) is 12.4 Å². The molecule has 1 aliphatic rings. The molecule has 0 bridgehead atoms. The van der Waals surface area contributed by atoms with Crippen LogP contribution < -0.4 is 10.1 Å². The fraction of sp³-hybridized carbons (Fsp3) is 0.111. The molecule has 5 nitrogen and oxygen atoms in total. The lowest BCUT2D eigenvalue weighted by molar-refractivity contribution is 0.415. The van der Waals surface area contributed by atoms with Crippen LogP contribution in [0.3, 0.4) is 0 Å². The molecule has 0 spiro atoms. The van der Waals surface area contributed by atoms with Gasteiger partial charge in [0.25, 0.3) is 0 Å². The summed E-state index contributed by atoms with van der Waals surface area (Å²) >= 11 is 0. The van der Waals surface area contributed by atoms with E-state index in [-0.39, 0.29) is 11.9 Å². The number of nitrogens with one attached hydrogen (secondary N) is 1. The highest BCUT2D eigenvalue weighted by molar-refractivity contribution is 5.77. The average Bonchev–Trinajstić information content (AvgIpc) is 3.10. The van der Waals surface area contributed by atoms with Crippen LogP contribution in [0.4, 0.5) is 10.3 Å². The predicted molar refractivity (Wildman–Crippen MR) is 89.2 cm³/mol. The van der Waals surface area contributed by atoms with Gasteiger partial charge in [-0.2, -0.15) is 10.1 Å². The Morgan fingerprint density at radius 2 is 1.92 bits per heavy atom. The van der Waals surface area contributed by atoms with E-state index in [9.17, 15) is 4.39 Å². The number of benzene rings is 2. The molecule has 120 valence electrons. The molecular formula is C18H15FN4O. The minimum atomic E-state index is -0.359. The first kappa shape index (κ1) is 14.4. The Balaban J connectivity index is 1.80. The van der Waals surface area contributed by atoms with Gasteiger partial charge in [0, 0.05) is 11.3 Å². The minimum absolute atomic E-state index is 0.267. The van der Waals surface area contributed by atoms with Gasteiger partial charge >= 0.3 is 0 Å². The van der Waals surface area contributed by atoms with Crippen molar-refractivity contribution < 1.29 is 9.13 Å². The molecule has 24 heavy (non-hydrogen) atoms. The Morgan fingerprint density at radius 3 is 2.67 bits per heavy atom. The zero-order valence-electron chi connectivity index (χ0n) is 13.0. The molecule has 0 saturated heterocycles. The van der Waals surface area contributed by atoms with Crippen molar-refractivity contribution in [1.29, 1.82) is 0 Å². The summed E-state index contributed by atoms with van der Waals surface area (Å²) in [5, 5.41) is 7.46. The van der Waals surface area contributed by atoms with Crippen molar-refractivity contribution in [3.63, 3.8) is 0 Å². The van der Waals surface area contributed by atoms with Crippen LogP contribution in [0.1, 0.15) is 17.2 Å². The van der Waals surface area contributed by atoms with E-state index in [2.05, 4.69) is 15.4 Å². The van der Waals surface area contributed by atoms with Crippen LogP contribution in [0.5, 0.6) is 5.75 Å². The predicted octanol–water partition coefficient (Wildman–Crippen LogP) is 3.48. The highest BCUT2D eigenvalue weighted by atomic mass is 19.1. The summed E-state index contributed by atoms with van der Waals surface area (Å²) in [5.74, 6) is 1.09. The number of anilines is 1. The average molecular weight is 322 g/mol. The number of fused-ring (bicyclic) bond motifs is 1. The van der Waals surface area contributed by atoms with Crippen LogP contribution >= 0.6 is 0 Å². The van der Waals surface area contributed by atoms with Crippen molar-refractivity contribution in [3.05, 3.63) is 77.9 Å². The summed E-state index contributed by atoms with van der Waals surface area (Å²) in [6.45, 7) is 0. The molecule has 1 N–H and O–H groups in total. The van der Waals surface area contributed by atoms with Crippen LogP contribution in [0.15, 0.2) is 60.9 Å². The second kappa shape index (κ2) is 5.81. The SMILES string of the molecule is COc1ccc(C2=CC(c3ccccc3F)n3ncnc3N2)cc1. The van der Waals surface area contributed by atoms with Gasteiger partial charge in [0.1, 0.15) is 23.9 Å².